The van der Waals surface area contributed by atoms with Crippen LogP contribution in [-0.2, 0) is 13.0 Å². The van der Waals surface area contributed by atoms with Gasteiger partial charge in [0.05, 0.1) is 33.4 Å². The SMILES string of the molecule is CCc1nc(COc2cc3ncnc(Nc4ccc(Cl)c(Cl)c4)c3cc2OC)cs1. The van der Waals surface area contributed by atoms with Crippen molar-refractivity contribution in [3.05, 3.63) is 62.8 Å². The Balaban J connectivity index is 1.63. The zero-order chi connectivity index (χ0) is 21.1. The molecule has 154 valence electrons. The zero-order valence-electron chi connectivity index (χ0n) is 16.3. The fourth-order valence-electron chi connectivity index (χ4n) is 2.88. The number of hydrogen-bond donors (Lipinski definition) is 1. The number of hydrogen-bond acceptors (Lipinski definition) is 7. The first-order valence-electron chi connectivity index (χ1n) is 9.18. The van der Waals surface area contributed by atoms with E-state index >= 15 is 0 Å². The molecule has 1 N–H and O–H groups in total. The number of halogens is 2. The minimum Gasteiger partial charge on any atom is -0.493 e. The van der Waals surface area contributed by atoms with Gasteiger partial charge in [-0.05, 0) is 30.7 Å². The molecule has 0 amide bonds. The molecule has 0 aliphatic heterocycles. The number of nitrogens with one attached hydrogen (secondary N) is 1. The van der Waals surface area contributed by atoms with Crippen LogP contribution in [0.25, 0.3) is 10.9 Å². The largest absolute Gasteiger partial charge is 0.493 e. The van der Waals surface area contributed by atoms with Crippen LogP contribution in [0.15, 0.2) is 42.0 Å². The molecule has 0 radical (unpaired) electrons. The molecule has 0 fully saturated rings. The van der Waals surface area contributed by atoms with Gasteiger partial charge in [-0.25, -0.2) is 15.0 Å². The van der Waals surface area contributed by atoms with Crippen molar-refractivity contribution >= 4 is 56.9 Å². The van der Waals surface area contributed by atoms with Crippen LogP contribution in [0.2, 0.25) is 10.0 Å². The summed E-state index contributed by atoms with van der Waals surface area (Å²) >= 11 is 13.7. The summed E-state index contributed by atoms with van der Waals surface area (Å²) in [5.41, 5.74) is 2.37. The maximum absolute atomic E-state index is 6.12. The van der Waals surface area contributed by atoms with Crippen molar-refractivity contribution in [1.29, 1.82) is 0 Å². The molecule has 30 heavy (non-hydrogen) atoms. The van der Waals surface area contributed by atoms with Crippen LogP contribution in [0.1, 0.15) is 17.6 Å². The van der Waals surface area contributed by atoms with E-state index in [0.29, 0.717) is 34.0 Å². The van der Waals surface area contributed by atoms with Gasteiger partial charge in [0, 0.05) is 22.5 Å². The van der Waals surface area contributed by atoms with E-state index in [1.54, 1.807) is 30.6 Å². The summed E-state index contributed by atoms with van der Waals surface area (Å²) in [4.78, 5) is 13.3. The molecule has 0 aliphatic carbocycles. The molecule has 0 spiro atoms. The van der Waals surface area contributed by atoms with Crippen LogP contribution in [0.5, 0.6) is 11.5 Å². The lowest BCUT2D eigenvalue weighted by Crippen LogP contribution is -2.00. The van der Waals surface area contributed by atoms with Gasteiger partial charge in [0.15, 0.2) is 11.5 Å². The van der Waals surface area contributed by atoms with Gasteiger partial charge in [-0.2, -0.15) is 0 Å². The number of aryl methyl sites for hydroxylation is 1. The van der Waals surface area contributed by atoms with E-state index in [-0.39, 0.29) is 0 Å². The molecule has 0 saturated carbocycles. The van der Waals surface area contributed by atoms with E-state index in [1.807, 2.05) is 23.6 Å². The van der Waals surface area contributed by atoms with E-state index in [0.717, 1.165) is 33.7 Å². The maximum atomic E-state index is 6.12. The Morgan fingerprint density at radius 2 is 1.93 bits per heavy atom. The summed E-state index contributed by atoms with van der Waals surface area (Å²) in [6.45, 7) is 2.44. The smallest absolute Gasteiger partial charge is 0.163 e. The molecule has 9 heteroatoms. The van der Waals surface area contributed by atoms with Gasteiger partial charge in [0.1, 0.15) is 18.8 Å². The molecule has 2 aromatic heterocycles. The second-order valence-electron chi connectivity index (χ2n) is 6.37. The second-order valence-corrected chi connectivity index (χ2v) is 8.13. The van der Waals surface area contributed by atoms with Crippen molar-refractivity contribution in [2.24, 2.45) is 0 Å². The summed E-state index contributed by atoms with van der Waals surface area (Å²) in [7, 11) is 1.60. The highest BCUT2D eigenvalue weighted by molar-refractivity contribution is 7.09. The monoisotopic (exact) mass is 460 g/mol. The van der Waals surface area contributed by atoms with Crippen LogP contribution in [0.4, 0.5) is 11.5 Å². The van der Waals surface area contributed by atoms with Crippen LogP contribution >= 0.6 is 34.5 Å². The molecule has 0 bridgehead atoms. The second kappa shape index (κ2) is 9.04. The van der Waals surface area contributed by atoms with Crippen LogP contribution in [0, 0.1) is 0 Å². The number of aromatic nitrogens is 3. The van der Waals surface area contributed by atoms with Crippen molar-refractivity contribution in [2.75, 3.05) is 12.4 Å². The van der Waals surface area contributed by atoms with Crippen molar-refractivity contribution in [2.45, 2.75) is 20.0 Å². The fraction of sp³-hybridized carbons (Fsp3) is 0.190. The third-order valence-corrected chi connectivity index (χ3v) is 6.16. The topological polar surface area (TPSA) is 69.2 Å². The molecule has 4 rings (SSSR count). The lowest BCUT2D eigenvalue weighted by Gasteiger charge is -2.13. The number of anilines is 2. The Bertz CT molecular complexity index is 1200. The third kappa shape index (κ3) is 4.43. The molecule has 0 saturated heterocycles. The van der Waals surface area contributed by atoms with Crippen molar-refractivity contribution in [3.63, 3.8) is 0 Å². The number of methoxy groups -OCH3 is 1. The normalized spacial score (nSPS) is 10.9. The summed E-state index contributed by atoms with van der Waals surface area (Å²) in [5.74, 6) is 1.80. The van der Waals surface area contributed by atoms with Gasteiger partial charge in [-0.15, -0.1) is 11.3 Å². The van der Waals surface area contributed by atoms with E-state index in [2.05, 4.69) is 27.2 Å². The predicted octanol–water partition coefficient (Wildman–Crippen LogP) is 6.29. The Morgan fingerprint density at radius 3 is 2.67 bits per heavy atom. The number of thiazole rings is 1. The average Bonchev–Trinajstić information content (AvgIpc) is 3.22. The Kier molecular flexibility index (Phi) is 6.22. The predicted molar refractivity (Wildman–Crippen MR) is 122 cm³/mol. The quantitative estimate of drug-likeness (QED) is 0.349. The van der Waals surface area contributed by atoms with Gasteiger partial charge in [-0.3, -0.25) is 0 Å². The van der Waals surface area contributed by atoms with E-state index in [1.165, 1.54) is 6.33 Å². The van der Waals surface area contributed by atoms with Crippen LogP contribution in [0.3, 0.4) is 0 Å². The lowest BCUT2D eigenvalue weighted by molar-refractivity contribution is 0.281. The first kappa shape index (κ1) is 20.7. The third-order valence-electron chi connectivity index (χ3n) is 4.38. The fourth-order valence-corrected chi connectivity index (χ4v) is 3.90. The lowest BCUT2D eigenvalue weighted by atomic mass is 10.2. The summed E-state index contributed by atoms with van der Waals surface area (Å²) in [6, 6.07) is 8.98. The van der Waals surface area contributed by atoms with Gasteiger partial charge >= 0.3 is 0 Å². The zero-order valence-corrected chi connectivity index (χ0v) is 18.6. The number of benzene rings is 2. The van der Waals surface area contributed by atoms with Crippen molar-refractivity contribution in [3.8, 4) is 11.5 Å². The number of ether oxygens (including phenoxy) is 2. The Labute approximate surface area is 187 Å². The molecule has 0 atom stereocenters. The molecule has 2 heterocycles. The minimum atomic E-state index is 0.359. The molecular weight excluding hydrogens is 443 g/mol. The standard InChI is InChI=1S/C21H18Cl2N4O2S/c1-3-20-26-13(10-30-20)9-29-19-8-17-14(7-18(19)28-2)21(25-11-24-17)27-12-4-5-15(22)16(23)6-12/h4-8,10-11H,3,9H2,1-2H3,(H,24,25,27). The summed E-state index contributed by atoms with van der Waals surface area (Å²) in [6.07, 6.45) is 2.40. The van der Waals surface area contributed by atoms with Crippen molar-refractivity contribution < 1.29 is 9.47 Å². The molecular formula is C21H18Cl2N4O2S. The number of nitrogens with zero attached hydrogens (tertiary/aromatic N) is 3. The van der Waals surface area contributed by atoms with Gasteiger partial charge in [0.25, 0.3) is 0 Å². The van der Waals surface area contributed by atoms with Gasteiger partial charge < -0.3 is 14.8 Å². The highest BCUT2D eigenvalue weighted by Gasteiger charge is 2.13. The average molecular weight is 461 g/mol. The van der Waals surface area contributed by atoms with E-state index in [9.17, 15) is 0 Å². The Morgan fingerprint density at radius 1 is 1.07 bits per heavy atom. The highest BCUT2D eigenvalue weighted by atomic mass is 35.5. The first-order valence-corrected chi connectivity index (χ1v) is 10.8. The molecule has 6 nitrogen and oxygen atoms in total. The minimum absolute atomic E-state index is 0.359. The van der Waals surface area contributed by atoms with Gasteiger partial charge in [-0.1, -0.05) is 30.1 Å². The maximum Gasteiger partial charge on any atom is 0.163 e. The molecule has 2 aromatic carbocycles. The molecule has 0 unspecified atom stereocenters. The van der Waals surface area contributed by atoms with Gasteiger partial charge in [0.2, 0.25) is 0 Å². The van der Waals surface area contributed by atoms with Crippen LogP contribution in [-0.4, -0.2) is 22.1 Å². The van der Waals surface area contributed by atoms with E-state index < -0.39 is 0 Å². The molecule has 0 aliphatic rings. The van der Waals surface area contributed by atoms with Crippen LogP contribution < -0.4 is 14.8 Å². The summed E-state index contributed by atoms with van der Waals surface area (Å²) < 4.78 is 11.5. The number of fused-ring (bicyclic) bond motifs is 1. The van der Waals surface area contributed by atoms with E-state index in [4.69, 9.17) is 32.7 Å². The highest BCUT2D eigenvalue weighted by Crippen LogP contribution is 2.35. The number of rotatable bonds is 7. The molecule has 4 aromatic rings. The summed E-state index contributed by atoms with van der Waals surface area (Å²) in [5, 5.41) is 8.09. The Hall–Kier alpha value is -2.61. The van der Waals surface area contributed by atoms with Crippen molar-refractivity contribution in [1.82, 2.24) is 15.0 Å². The first-order chi connectivity index (χ1) is 14.6.